The highest BCUT2D eigenvalue weighted by molar-refractivity contribution is 7.88. The summed E-state index contributed by atoms with van der Waals surface area (Å²) in [5.74, 6) is 0.704. The molecule has 0 aromatic carbocycles. The van der Waals surface area contributed by atoms with Crippen LogP contribution in [0.25, 0.3) is 0 Å². The zero-order valence-corrected chi connectivity index (χ0v) is 9.05. The van der Waals surface area contributed by atoms with E-state index in [1.54, 1.807) is 4.31 Å². The second-order valence-corrected chi connectivity index (χ2v) is 6.44. The zero-order valence-electron chi connectivity index (χ0n) is 8.23. The van der Waals surface area contributed by atoms with E-state index in [0.29, 0.717) is 18.0 Å². The van der Waals surface area contributed by atoms with E-state index in [0.717, 1.165) is 25.7 Å². The largest absolute Gasteiger partial charge is 0.212 e. The fraction of sp³-hybridized carbons (Fsp3) is 1.00. The average Bonchev–Trinajstić information content (AvgIpc) is 2.23. The van der Waals surface area contributed by atoms with E-state index >= 15 is 0 Å². The van der Waals surface area contributed by atoms with Crippen molar-refractivity contribution in [2.45, 2.75) is 44.7 Å². The molecule has 76 valence electrons. The van der Waals surface area contributed by atoms with Crippen LogP contribution in [-0.4, -0.2) is 31.1 Å². The Kier molecular flexibility index (Phi) is 2.15. The van der Waals surface area contributed by atoms with E-state index in [1.807, 2.05) is 0 Å². The predicted molar refractivity (Wildman–Crippen MR) is 51.9 cm³/mol. The first-order chi connectivity index (χ1) is 5.98. The smallest absolute Gasteiger partial charge is 0.211 e. The molecule has 2 heterocycles. The lowest BCUT2D eigenvalue weighted by atomic mass is 9.94. The molecule has 4 heteroatoms. The minimum atomic E-state index is -2.95. The number of fused-ring (bicyclic) bond motifs is 2. The molecular weight excluding hydrogens is 186 g/mol. The second-order valence-electron chi connectivity index (χ2n) is 4.55. The molecule has 2 saturated heterocycles. The van der Waals surface area contributed by atoms with Gasteiger partial charge in [0, 0.05) is 12.1 Å². The summed E-state index contributed by atoms with van der Waals surface area (Å²) in [5, 5.41) is 0. The maximum Gasteiger partial charge on any atom is 0.211 e. The van der Waals surface area contributed by atoms with Crippen LogP contribution in [0.15, 0.2) is 0 Å². The molecule has 2 aliphatic rings. The van der Waals surface area contributed by atoms with Gasteiger partial charge in [0.15, 0.2) is 0 Å². The third-order valence-electron chi connectivity index (χ3n) is 3.28. The summed E-state index contributed by atoms with van der Waals surface area (Å²) < 4.78 is 24.7. The lowest BCUT2D eigenvalue weighted by molar-refractivity contribution is 0.202. The first-order valence-electron chi connectivity index (χ1n) is 4.97. The maximum atomic E-state index is 11.5. The molecule has 3 nitrogen and oxygen atoms in total. The number of hydrogen-bond donors (Lipinski definition) is 0. The van der Waals surface area contributed by atoms with Crippen molar-refractivity contribution in [1.82, 2.24) is 4.31 Å². The van der Waals surface area contributed by atoms with Crippen LogP contribution in [0, 0.1) is 5.92 Å². The van der Waals surface area contributed by atoms with Crippen LogP contribution in [0.4, 0.5) is 0 Å². The predicted octanol–water partition coefficient (Wildman–Crippen LogP) is 1.21. The van der Waals surface area contributed by atoms with Gasteiger partial charge in [-0.3, -0.25) is 0 Å². The molecule has 0 N–H and O–H groups in total. The fourth-order valence-electron chi connectivity index (χ4n) is 2.95. The highest BCUT2D eigenvalue weighted by atomic mass is 32.2. The minimum absolute atomic E-state index is 0.309. The standard InChI is InChI=1S/C9H17NO2S/c1-7-5-8-3-4-9(6-7)10(8)13(2,11)12/h7-9H,3-6H2,1-2H3/t7-,8-,9+. The molecule has 2 bridgehead atoms. The fourth-order valence-corrected chi connectivity index (χ4v) is 4.41. The van der Waals surface area contributed by atoms with Gasteiger partial charge in [0.05, 0.1) is 6.26 Å². The van der Waals surface area contributed by atoms with Gasteiger partial charge in [-0.05, 0) is 31.6 Å². The summed E-state index contributed by atoms with van der Waals surface area (Å²) in [6.45, 7) is 2.23. The number of rotatable bonds is 1. The second kappa shape index (κ2) is 2.95. The molecule has 2 fully saturated rings. The van der Waals surface area contributed by atoms with Crippen LogP contribution < -0.4 is 0 Å². The summed E-state index contributed by atoms with van der Waals surface area (Å²) in [7, 11) is -2.95. The van der Waals surface area contributed by atoms with Crippen LogP contribution in [0.2, 0.25) is 0 Å². The first-order valence-corrected chi connectivity index (χ1v) is 6.82. The molecule has 13 heavy (non-hydrogen) atoms. The van der Waals surface area contributed by atoms with Crippen molar-refractivity contribution in [2.75, 3.05) is 6.26 Å². The van der Waals surface area contributed by atoms with Gasteiger partial charge in [-0.2, -0.15) is 4.31 Å². The Hall–Kier alpha value is -0.0900. The number of hydrogen-bond acceptors (Lipinski definition) is 2. The SMILES string of the molecule is C[C@@H]1C[C@H]2CC[C@@H](C1)N2S(C)(=O)=O. The molecular formula is C9H17NO2S. The van der Waals surface area contributed by atoms with Gasteiger partial charge in [0.1, 0.15) is 0 Å². The van der Waals surface area contributed by atoms with Crippen LogP contribution >= 0.6 is 0 Å². The minimum Gasteiger partial charge on any atom is -0.212 e. The van der Waals surface area contributed by atoms with Crippen molar-refractivity contribution < 1.29 is 8.42 Å². The van der Waals surface area contributed by atoms with E-state index in [-0.39, 0.29) is 0 Å². The Bertz CT molecular complexity index is 285. The van der Waals surface area contributed by atoms with Gasteiger partial charge in [0.25, 0.3) is 0 Å². The third kappa shape index (κ3) is 1.62. The molecule has 0 aliphatic carbocycles. The highest BCUT2D eigenvalue weighted by Gasteiger charge is 2.43. The normalized spacial score (nSPS) is 40.9. The van der Waals surface area contributed by atoms with Gasteiger partial charge in [-0.1, -0.05) is 6.92 Å². The molecule has 0 amide bonds. The number of nitrogens with zero attached hydrogens (tertiary/aromatic N) is 1. The van der Waals surface area contributed by atoms with Crippen LogP contribution in [-0.2, 0) is 10.0 Å². The Morgan fingerprint density at radius 3 is 2.00 bits per heavy atom. The molecule has 0 aromatic rings. The molecule has 2 aliphatic heterocycles. The summed E-state index contributed by atoms with van der Waals surface area (Å²) >= 11 is 0. The highest BCUT2D eigenvalue weighted by Crippen LogP contribution is 2.39. The third-order valence-corrected chi connectivity index (χ3v) is 4.65. The Morgan fingerprint density at radius 1 is 1.15 bits per heavy atom. The van der Waals surface area contributed by atoms with E-state index < -0.39 is 10.0 Å². The monoisotopic (exact) mass is 203 g/mol. The lowest BCUT2D eigenvalue weighted by Crippen LogP contribution is -2.45. The van der Waals surface area contributed by atoms with Gasteiger partial charge < -0.3 is 0 Å². The Balaban J connectivity index is 2.25. The number of piperidine rings is 1. The Morgan fingerprint density at radius 2 is 1.62 bits per heavy atom. The van der Waals surface area contributed by atoms with Crippen LogP contribution in [0.1, 0.15) is 32.6 Å². The molecule has 0 saturated carbocycles. The van der Waals surface area contributed by atoms with Crippen molar-refractivity contribution in [3.63, 3.8) is 0 Å². The van der Waals surface area contributed by atoms with Crippen LogP contribution in [0.3, 0.4) is 0 Å². The van der Waals surface area contributed by atoms with Gasteiger partial charge >= 0.3 is 0 Å². The van der Waals surface area contributed by atoms with E-state index in [1.165, 1.54) is 6.26 Å². The van der Waals surface area contributed by atoms with E-state index in [2.05, 4.69) is 6.92 Å². The lowest BCUT2D eigenvalue weighted by Gasteiger charge is -2.35. The quantitative estimate of drug-likeness (QED) is 0.642. The van der Waals surface area contributed by atoms with Crippen LogP contribution in [0.5, 0.6) is 0 Å². The first kappa shape index (κ1) is 9.46. The molecule has 0 spiro atoms. The van der Waals surface area contributed by atoms with Crippen molar-refractivity contribution in [3.8, 4) is 0 Å². The molecule has 3 atom stereocenters. The van der Waals surface area contributed by atoms with Crippen molar-refractivity contribution in [1.29, 1.82) is 0 Å². The van der Waals surface area contributed by atoms with Gasteiger partial charge in [0.2, 0.25) is 10.0 Å². The van der Waals surface area contributed by atoms with Gasteiger partial charge in [-0.25, -0.2) is 8.42 Å². The molecule has 0 aromatic heterocycles. The van der Waals surface area contributed by atoms with E-state index in [9.17, 15) is 8.42 Å². The summed E-state index contributed by atoms with van der Waals surface area (Å²) in [5.41, 5.74) is 0. The zero-order chi connectivity index (χ0) is 9.64. The molecule has 0 radical (unpaired) electrons. The Labute approximate surface area is 80.2 Å². The maximum absolute atomic E-state index is 11.5. The van der Waals surface area contributed by atoms with Gasteiger partial charge in [-0.15, -0.1) is 0 Å². The average molecular weight is 203 g/mol. The summed E-state index contributed by atoms with van der Waals surface area (Å²) in [4.78, 5) is 0. The number of sulfonamides is 1. The molecule has 2 rings (SSSR count). The topological polar surface area (TPSA) is 37.4 Å². The van der Waals surface area contributed by atoms with Crippen molar-refractivity contribution in [3.05, 3.63) is 0 Å². The van der Waals surface area contributed by atoms with Crippen molar-refractivity contribution in [2.24, 2.45) is 5.92 Å². The summed E-state index contributed by atoms with van der Waals surface area (Å²) in [6, 6.07) is 0.618. The van der Waals surface area contributed by atoms with Crippen molar-refractivity contribution >= 4 is 10.0 Å². The summed E-state index contributed by atoms with van der Waals surface area (Å²) in [6.07, 6.45) is 5.60. The molecule has 0 unspecified atom stereocenters. The van der Waals surface area contributed by atoms with E-state index in [4.69, 9.17) is 0 Å².